The monoisotopic (exact) mass is 431 g/mol. The van der Waals surface area contributed by atoms with Gasteiger partial charge < -0.3 is 19.7 Å². The molecule has 1 unspecified atom stereocenters. The van der Waals surface area contributed by atoms with Gasteiger partial charge in [0.25, 0.3) is 5.91 Å². The van der Waals surface area contributed by atoms with E-state index >= 15 is 0 Å². The average molecular weight is 432 g/mol. The molecule has 0 saturated carbocycles. The molecule has 162 valence electrons. The Hall–Kier alpha value is -2.24. The Labute approximate surface area is 184 Å². The number of fused-ring (bicyclic) bond motifs is 1. The minimum absolute atomic E-state index is 0.0383. The number of carbonyl (C=O) groups excluding carboxylic acids is 1. The normalized spacial score (nSPS) is 19.2. The zero-order valence-electron chi connectivity index (χ0n) is 18.4. The summed E-state index contributed by atoms with van der Waals surface area (Å²) in [6.45, 7) is 8.51. The Balaban J connectivity index is 2.01. The third kappa shape index (κ3) is 4.57. The van der Waals surface area contributed by atoms with Crippen molar-refractivity contribution in [1.29, 1.82) is 0 Å². The number of carbonyl (C=O) groups is 1. The highest BCUT2D eigenvalue weighted by molar-refractivity contribution is 6.30. The first kappa shape index (κ1) is 22.4. The van der Waals surface area contributed by atoms with Crippen LogP contribution in [0.1, 0.15) is 48.3 Å². The highest BCUT2D eigenvalue weighted by Crippen LogP contribution is 2.36. The second kappa shape index (κ2) is 9.71. The molecule has 2 aromatic rings. The van der Waals surface area contributed by atoms with E-state index in [1.165, 1.54) is 16.0 Å². The fourth-order valence-corrected chi connectivity index (χ4v) is 4.65. The van der Waals surface area contributed by atoms with E-state index in [1.807, 2.05) is 0 Å². The van der Waals surface area contributed by atoms with Crippen molar-refractivity contribution in [2.24, 2.45) is 5.92 Å². The molecular weight excluding hydrogens is 400 g/mol. The zero-order chi connectivity index (χ0) is 21.8. The van der Waals surface area contributed by atoms with Crippen LogP contribution in [-0.4, -0.2) is 39.3 Å². The van der Waals surface area contributed by atoms with Crippen LogP contribution in [-0.2, 0) is 6.42 Å². The third-order valence-electron chi connectivity index (χ3n) is 6.05. The first-order chi connectivity index (χ1) is 14.4. The molecule has 2 N–H and O–H groups in total. The Morgan fingerprint density at radius 2 is 1.90 bits per heavy atom. The molecule has 0 radical (unpaired) electrons. The number of quaternary nitrogens is 1. The number of halogens is 1. The van der Waals surface area contributed by atoms with Crippen molar-refractivity contribution in [1.82, 2.24) is 5.32 Å². The van der Waals surface area contributed by atoms with Crippen LogP contribution in [0.25, 0.3) is 0 Å². The van der Waals surface area contributed by atoms with Gasteiger partial charge in [-0.05, 0) is 48.7 Å². The van der Waals surface area contributed by atoms with Crippen LogP contribution in [0.2, 0.25) is 5.02 Å². The maximum absolute atomic E-state index is 13.1. The molecule has 1 aliphatic rings. The topological polar surface area (TPSA) is 52.0 Å². The number of hydrogen-bond donors (Lipinski definition) is 2. The van der Waals surface area contributed by atoms with E-state index in [1.54, 1.807) is 38.5 Å². The van der Waals surface area contributed by atoms with E-state index in [4.69, 9.17) is 21.1 Å². The summed E-state index contributed by atoms with van der Waals surface area (Å²) in [7, 11) is 3.32. The minimum atomic E-state index is -0.0979. The molecule has 30 heavy (non-hydrogen) atoms. The number of ether oxygens (including phenoxy) is 2. The summed E-state index contributed by atoms with van der Waals surface area (Å²) in [4.78, 5) is 14.5. The lowest BCUT2D eigenvalue weighted by atomic mass is 9.83. The number of likely N-dealkylation sites (N-methyl/N-ethyl adjacent to an activating group) is 1. The first-order valence-electron chi connectivity index (χ1n) is 10.5. The van der Waals surface area contributed by atoms with Crippen molar-refractivity contribution in [3.05, 3.63) is 58.1 Å². The predicted octanol–water partition coefficient (Wildman–Crippen LogP) is 3.31. The molecule has 0 spiro atoms. The Kier molecular flexibility index (Phi) is 7.27. The highest BCUT2D eigenvalue weighted by Gasteiger charge is 2.39. The molecule has 3 rings (SSSR count). The molecule has 0 aromatic heterocycles. The van der Waals surface area contributed by atoms with Crippen LogP contribution < -0.4 is 19.7 Å². The van der Waals surface area contributed by atoms with Crippen LogP contribution in [0.5, 0.6) is 11.5 Å². The smallest absolute Gasteiger partial charge is 0.251 e. The van der Waals surface area contributed by atoms with Gasteiger partial charge in [-0.2, -0.15) is 0 Å². The second-order valence-corrected chi connectivity index (χ2v) is 8.59. The fourth-order valence-electron chi connectivity index (χ4n) is 4.46. The molecule has 1 amide bonds. The summed E-state index contributed by atoms with van der Waals surface area (Å²) in [6, 6.07) is 11.4. The van der Waals surface area contributed by atoms with Gasteiger partial charge in [-0.1, -0.05) is 31.5 Å². The molecule has 3 atom stereocenters. The summed E-state index contributed by atoms with van der Waals surface area (Å²) in [6.07, 6.45) is 0.975. The number of benzene rings is 2. The number of rotatable bonds is 7. The largest absolute Gasteiger partial charge is 0.493 e. The van der Waals surface area contributed by atoms with Crippen LogP contribution in [0.3, 0.4) is 0 Å². The molecule has 0 saturated heterocycles. The van der Waals surface area contributed by atoms with Gasteiger partial charge in [0, 0.05) is 22.6 Å². The van der Waals surface area contributed by atoms with E-state index in [0.717, 1.165) is 31.0 Å². The second-order valence-electron chi connectivity index (χ2n) is 8.15. The zero-order valence-corrected chi connectivity index (χ0v) is 19.2. The maximum Gasteiger partial charge on any atom is 0.251 e. The van der Waals surface area contributed by atoms with Gasteiger partial charge in [0.1, 0.15) is 6.04 Å². The van der Waals surface area contributed by atoms with Gasteiger partial charge in [-0.15, -0.1) is 0 Å². The summed E-state index contributed by atoms with van der Waals surface area (Å²) >= 11 is 6.10. The molecule has 1 aliphatic heterocycles. The first-order valence-corrected chi connectivity index (χ1v) is 10.9. The molecule has 0 aliphatic carbocycles. The molecule has 0 bridgehead atoms. The molecule has 0 fully saturated rings. The van der Waals surface area contributed by atoms with Crippen LogP contribution >= 0.6 is 11.6 Å². The van der Waals surface area contributed by atoms with Crippen LogP contribution in [0.15, 0.2) is 36.4 Å². The quantitative estimate of drug-likeness (QED) is 0.707. The van der Waals surface area contributed by atoms with E-state index in [-0.39, 0.29) is 23.9 Å². The summed E-state index contributed by atoms with van der Waals surface area (Å²) in [5.74, 6) is 1.62. The van der Waals surface area contributed by atoms with Gasteiger partial charge in [0.15, 0.2) is 11.5 Å². The molecule has 1 heterocycles. The SMILES string of the molecule is CC[NH+]1CCc2cc(OC)c(OC)cc2[C@H]1[C@H](NC(=O)c1cccc(Cl)c1)C(C)C. The molecule has 6 heteroatoms. The van der Waals surface area contributed by atoms with Gasteiger partial charge in [-0.25, -0.2) is 0 Å². The van der Waals surface area contributed by atoms with Crippen LogP contribution in [0.4, 0.5) is 0 Å². The number of methoxy groups -OCH3 is 2. The van der Waals surface area contributed by atoms with Crippen molar-refractivity contribution in [3.63, 3.8) is 0 Å². The summed E-state index contributed by atoms with van der Waals surface area (Å²) < 4.78 is 11.1. The highest BCUT2D eigenvalue weighted by atomic mass is 35.5. The Morgan fingerprint density at radius 3 is 2.50 bits per heavy atom. The lowest BCUT2D eigenvalue weighted by molar-refractivity contribution is -0.934. The number of hydrogen-bond acceptors (Lipinski definition) is 3. The van der Waals surface area contributed by atoms with Crippen molar-refractivity contribution in [2.75, 3.05) is 27.3 Å². The number of nitrogens with one attached hydrogen (secondary N) is 2. The molecule has 2 aromatic carbocycles. The van der Waals surface area contributed by atoms with E-state index in [0.29, 0.717) is 10.6 Å². The lowest BCUT2D eigenvalue weighted by Crippen LogP contribution is -3.14. The van der Waals surface area contributed by atoms with E-state index in [2.05, 4.69) is 38.2 Å². The molecular formula is C24H32ClN2O3+. The van der Waals surface area contributed by atoms with Gasteiger partial charge in [0.2, 0.25) is 0 Å². The maximum atomic E-state index is 13.1. The van der Waals surface area contributed by atoms with Gasteiger partial charge >= 0.3 is 0 Å². The van der Waals surface area contributed by atoms with Crippen molar-refractivity contribution in [2.45, 2.75) is 39.3 Å². The molecule has 5 nitrogen and oxygen atoms in total. The van der Waals surface area contributed by atoms with Gasteiger partial charge in [-0.3, -0.25) is 4.79 Å². The predicted molar refractivity (Wildman–Crippen MR) is 120 cm³/mol. The van der Waals surface area contributed by atoms with E-state index < -0.39 is 0 Å². The fraction of sp³-hybridized carbons (Fsp3) is 0.458. The van der Waals surface area contributed by atoms with Crippen LogP contribution in [0, 0.1) is 5.92 Å². The summed E-state index contributed by atoms with van der Waals surface area (Å²) in [5, 5.41) is 3.87. The minimum Gasteiger partial charge on any atom is -0.493 e. The Bertz CT molecular complexity index is 900. The lowest BCUT2D eigenvalue weighted by Gasteiger charge is -2.40. The van der Waals surface area contributed by atoms with Gasteiger partial charge in [0.05, 0.1) is 33.4 Å². The average Bonchev–Trinajstić information content (AvgIpc) is 2.75. The van der Waals surface area contributed by atoms with Crippen molar-refractivity contribution < 1.29 is 19.2 Å². The van der Waals surface area contributed by atoms with E-state index in [9.17, 15) is 4.79 Å². The van der Waals surface area contributed by atoms with Crippen molar-refractivity contribution >= 4 is 17.5 Å². The third-order valence-corrected chi connectivity index (χ3v) is 6.29. The standard InChI is InChI=1S/C24H31ClN2O3/c1-6-27-11-10-16-13-20(29-4)21(30-5)14-19(16)23(27)22(15(2)3)26-24(28)17-8-7-9-18(25)12-17/h7-9,12-15,22-23H,6,10-11H2,1-5H3,(H,26,28)/p+1/t22-,23+/m1/s1. The van der Waals surface area contributed by atoms with Crippen molar-refractivity contribution in [3.8, 4) is 11.5 Å². The summed E-state index contributed by atoms with van der Waals surface area (Å²) in [5.41, 5.74) is 3.06. The Morgan fingerprint density at radius 1 is 1.20 bits per heavy atom. The number of amides is 1.